The van der Waals surface area contributed by atoms with Crippen LogP contribution in [0.1, 0.15) is 11.1 Å². The van der Waals surface area contributed by atoms with Crippen LogP contribution < -0.4 is 14.8 Å². The lowest BCUT2D eigenvalue weighted by Gasteiger charge is -2.11. The molecule has 5 nitrogen and oxygen atoms in total. The summed E-state index contributed by atoms with van der Waals surface area (Å²) in [6, 6.07) is 17.9. The number of phenolic OH excluding ortho intramolecular Hbond substituents is 1. The maximum Gasteiger partial charge on any atom is 0.248 e. The van der Waals surface area contributed by atoms with Crippen LogP contribution in [0.15, 0.2) is 72.8 Å². The first-order chi connectivity index (χ1) is 14.0. The Kier molecular flexibility index (Phi) is 6.47. The summed E-state index contributed by atoms with van der Waals surface area (Å²) < 4.78 is 23.6. The number of nitrogens with one attached hydrogen (secondary N) is 1. The average Bonchev–Trinajstić information content (AvgIpc) is 2.73. The minimum Gasteiger partial charge on any atom is -0.504 e. The van der Waals surface area contributed by atoms with Gasteiger partial charge in [0.05, 0.1) is 7.11 Å². The molecule has 6 heteroatoms. The smallest absolute Gasteiger partial charge is 0.248 e. The molecule has 0 aromatic heterocycles. The van der Waals surface area contributed by atoms with Gasteiger partial charge in [-0.15, -0.1) is 0 Å². The predicted molar refractivity (Wildman–Crippen MR) is 109 cm³/mol. The number of amides is 1. The highest BCUT2D eigenvalue weighted by molar-refractivity contribution is 6.02. The summed E-state index contributed by atoms with van der Waals surface area (Å²) in [6.45, 7) is 0.220. The van der Waals surface area contributed by atoms with Gasteiger partial charge in [0, 0.05) is 17.3 Å². The number of carbonyl (C=O) groups is 1. The van der Waals surface area contributed by atoms with Gasteiger partial charge in [0.2, 0.25) is 5.91 Å². The van der Waals surface area contributed by atoms with Crippen molar-refractivity contribution in [3.05, 3.63) is 89.8 Å². The van der Waals surface area contributed by atoms with Crippen molar-refractivity contribution in [2.24, 2.45) is 0 Å². The molecular weight excluding hydrogens is 373 g/mol. The third kappa shape index (κ3) is 5.59. The zero-order chi connectivity index (χ0) is 20.6. The highest BCUT2D eigenvalue weighted by atomic mass is 19.1. The van der Waals surface area contributed by atoms with Crippen molar-refractivity contribution in [1.29, 1.82) is 0 Å². The van der Waals surface area contributed by atoms with E-state index in [4.69, 9.17) is 9.47 Å². The van der Waals surface area contributed by atoms with Crippen LogP contribution in [0.25, 0.3) is 6.08 Å². The van der Waals surface area contributed by atoms with Crippen LogP contribution in [-0.4, -0.2) is 18.1 Å². The molecule has 2 N–H and O–H groups in total. The summed E-state index contributed by atoms with van der Waals surface area (Å²) >= 11 is 0. The standard InChI is InChI=1S/C23H20FNO4/c1-28-22-12-6-16(14-21(22)26)7-13-23(27)25-20-5-3-2-4-17(20)15-29-19-10-8-18(24)9-11-19/h2-14,26H,15H2,1H3,(H,25,27)/b13-7+. The molecule has 3 aromatic carbocycles. The normalized spacial score (nSPS) is 10.7. The Hall–Kier alpha value is -3.80. The van der Waals surface area contributed by atoms with E-state index in [1.807, 2.05) is 18.2 Å². The summed E-state index contributed by atoms with van der Waals surface area (Å²) in [5, 5.41) is 12.6. The van der Waals surface area contributed by atoms with E-state index >= 15 is 0 Å². The van der Waals surface area contributed by atoms with E-state index < -0.39 is 0 Å². The van der Waals surface area contributed by atoms with Crippen LogP contribution in [0.5, 0.6) is 17.2 Å². The highest BCUT2D eigenvalue weighted by Gasteiger charge is 2.06. The number of methoxy groups -OCH3 is 1. The van der Waals surface area contributed by atoms with Crippen LogP contribution in [0.2, 0.25) is 0 Å². The number of rotatable bonds is 7. The number of ether oxygens (including phenoxy) is 2. The molecule has 3 rings (SSSR count). The molecule has 0 aliphatic heterocycles. The number of aromatic hydroxyl groups is 1. The number of phenols is 1. The molecule has 0 saturated heterocycles. The lowest BCUT2D eigenvalue weighted by Crippen LogP contribution is -2.10. The largest absolute Gasteiger partial charge is 0.504 e. The summed E-state index contributed by atoms with van der Waals surface area (Å²) in [6.07, 6.45) is 2.96. The molecule has 0 aliphatic rings. The number of carbonyl (C=O) groups excluding carboxylic acids is 1. The van der Waals surface area contributed by atoms with Crippen LogP contribution >= 0.6 is 0 Å². The lowest BCUT2D eigenvalue weighted by atomic mass is 10.1. The fourth-order valence-electron chi connectivity index (χ4n) is 2.62. The van der Waals surface area contributed by atoms with Crippen molar-refractivity contribution in [1.82, 2.24) is 0 Å². The minimum atomic E-state index is -0.332. The van der Waals surface area contributed by atoms with Gasteiger partial charge in [-0.3, -0.25) is 4.79 Å². The average molecular weight is 393 g/mol. The first-order valence-electron chi connectivity index (χ1n) is 8.87. The van der Waals surface area contributed by atoms with E-state index in [2.05, 4.69) is 5.32 Å². The highest BCUT2D eigenvalue weighted by Crippen LogP contribution is 2.26. The van der Waals surface area contributed by atoms with Gasteiger partial charge in [-0.1, -0.05) is 24.3 Å². The Bertz CT molecular complexity index is 1020. The monoisotopic (exact) mass is 393 g/mol. The Balaban J connectivity index is 1.64. The van der Waals surface area contributed by atoms with Gasteiger partial charge < -0.3 is 19.9 Å². The first-order valence-corrected chi connectivity index (χ1v) is 8.87. The van der Waals surface area contributed by atoms with Gasteiger partial charge >= 0.3 is 0 Å². The molecule has 0 aliphatic carbocycles. The van der Waals surface area contributed by atoms with Crippen LogP contribution in [0, 0.1) is 5.82 Å². The van der Waals surface area contributed by atoms with Crippen molar-refractivity contribution in [2.75, 3.05) is 12.4 Å². The lowest BCUT2D eigenvalue weighted by molar-refractivity contribution is -0.111. The second-order valence-electron chi connectivity index (χ2n) is 6.15. The maximum absolute atomic E-state index is 13.0. The van der Waals surface area contributed by atoms with Gasteiger partial charge in [0.25, 0.3) is 0 Å². The van der Waals surface area contributed by atoms with E-state index in [0.29, 0.717) is 22.7 Å². The predicted octanol–water partition coefficient (Wildman–Crippen LogP) is 4.77. The summed E-state index contributed by atoms with van der Waals surface area (Å²) in [5.41, 5.74) is 2.05. The number of hydrogen-bond acceptors (Lipinski definition) is 4. The first kappa shape index (κ1) is 19.9. The van der Waals surface area contributed by atoms with E-state index in [0.717, 1.165) is 5.56 Å². The summed E-state index contributed by atoms with van der Waals surface area (Å²) in [7, 11) is 1.47. The number of hydrogen-bond donors (Lipinski definition) is 2. The number of anilines is 1. The van der Waals surface area contributed by atoms with Crippen molar-refractivity contribution >= 4 is 17.7 Å². The molecule has 0 saturated carbocycles. The molecular formula is C23H20FNO4. The summed E-state index contributed by atoms with van der Waals surface area (Å²) in [5.74, 6) is 0.239. The second kappa shape index (κ2) is 9.41. The third-order valence-corrected chi connectivity index (χ3v) is 4.11. The molecule has 0 atom stereocenters. The number of benzene rings is 3. The molecule has 0 fully saturated rings. The SMILES string of the molecule is COc1ccc(/C=C/C(=O)Nc2ccccc2COc2ccc(F)cc2)cc1O. The zero-order valence-corrected chi connectivity index (χ0v) is 15.8. The van der Waals surface area contributed by atoms with Gasteiger partial charge in [-0.05, 0) is 54.1 Å². The molecule has 148 valence electrons. The molecule has 1 amide bonds. The third-order valence-electron chi connectivity index (χ3n) is 4.11. The van der Waals surface area contributed by atoms with Gasteiger partial charge in [-0.25, -0.2) is 4.39 Å². The van der Waals surface area contributed by atoms with Crippen LogP contribution in [-0.2, 0) is 11.4 Å². The molecule has 0 heterocycles. The second-order valence-corrected chi connectivity index (χ2v) is 6.15. The Morgan fingerprint density at radius 2 is 1.86 bits per heavy atom. The van der Waals surface area contributed by atoms with E-state index in [1.165, 1.54) is 31.4 Å². The van der Waals surface area contributed by atoms with Gasteiger partial charge in [-0.2, -0.15) is 0 Å². The van der Waals surface area contributed by atoms with E-state index in [-0.39, 0.29) is 24.1 Å². The molecule has 29 heavy (non-hydrogen) atoms. The maximum atomic E-state index is 13.0. The quantitative estimate of drug-likeness (QED) is 0.568. The molecule has 3 aromatic rings. The Labute approximate surface area is 168 Å². The van der Waals surface area contributed by atoms with Crippen molar-refractivity contribution < 1.29 is 23.8 Å². The van der Waals surface area contributed by atoms with Crippen molar-refractivity contribution in [2.45, 2.75) is 6.61 Å². The van der Waals surface area contributed by atoms with Crippen LogP contribution in [0.3, 0.4) is 0 Å². The van der Waals surface area contributed by atoms with Crippen molar-refractivity contribution in [3.8, 4) is 17.2 Å². The number of halogens is 1. The molecule has 0 spiro atoms. The van der Waals surface area contributed by atoms with E-state index in [1.54, 1.807) is 36.4 Å². The van der Waals surface area contributed by atoms with Crippen molar-refractivity contribution in [3.63, 3.8) is 0 Å². The minimum absolute atomic E-state index is 0.00153. The topological polar surface area (TPSA) is 67.8 Å². The molecule has 0 bridgehead atoms. The van der Waals surface area contributed by atoms with Gasteiger partial charge in [0.15, 0.2) is 11.5 Å². The zero-order valence-electron chi connectivity index (χ0n) is 15.8. The van der Waals surface area contributed by atoms with E-state index in [9.17, 15) is 14.3 Å². The Morgan fingerprint density at radius 3 is 2.59 bits per heavy atom. The summed E-state index contributed by atoms with van der Waals surface area (Å²) in [4.78, 5) is 12.3. The molecule has 0 unspecified atom stereocenters. The fraction of sp³-hybridized carbons (Fsp3) is 0.0870. The fourth-order valence-corrected chi connectivity index (χ4v) is 2.62. The van der Waals surface area contributed by atoms with Gasteiger partial charge in [0.1, 0.15) is 18.2 Å². The Morgan fingerprint density at radius 1 is 1.10 bits per heavy atom. The molecule has 0 radical (unpaired) electrons. The van der Waals surface area contributed by atoms with Crippen LogP contribution in [0.4, 0.5) is 10.1 Å². The number of para-hydroxylation sites is 1.